The van der Waals surface area contributed by atoms with Crippen LogP contribution in [0.15, 0.2) is 46.9 Å². The molecule has 2 N–H and O–H groups in total. The third-order valence-electron chi connectivity index (χ3n) is 3.78. The second kappa shape index (κ2) is 9.93. The van der Waals surface area contributed by atoms with E-state index >= 15 is 0 Å². The van der Waals surface area contributed by atoms with E-state index in [-0.39, 0.29) is 6.03 Å². The van der Waals surface area contributed by atoms with Gasteiger partial charge in [0, 0.05) is 17.6 Å². The van der Waals surface area contributed by atoms with Gasteiger partial charge in [-0.3, -0.25) is 0 Å². The Kier molecular flexibility index (Phi) is 7.60. The van der Waals surface area contributed by atoms with Gasteiger partial charge >= 0.3 is 6.03 Å². The van der Waals surface area contributed by atoms with Gasteiger partial charge in [-0.2, -0.15) is 0 Å². The monoisotopic (exact) mass is 406 g/mol. The van der Waals surface area contributed by atoms with Crippen LogP contribution in [0.25, 0.3) is 0 Å². The van der Waals surface area contributed by atoms with E-state index in [4.69, 9.17) is 9.47 Å². The molecule has 0 fully saturated rings. The molecule has 6 heteroatoms. The van der Waals surface area contributed by atoms with E-state index in [0.29, 0.717) is 24.6 Å². The number of rotatable bonds is 8. The van der Waals surface area contributed by atoms with Gasteiger partial charge in [-0.15, -0.1) is 0 Å². The lowest BCUT2D eigenvalue weighted by molar-refractivity contribution is 0.241. The van der Waals surface area contributed by atoms with Crippen molar-refractivity contribution in [1.82, 2.24) is 10.6 Å². The highest BCUT2D eigenvalue weighted by Gasteiger charge is 2.05. The fourth-order valence-corrected chi connectivity index (χ4v) is 2.91. The van der Waals surface area contributed by atoms with E-state index in [1.165, 1.54) is 5.56 Å². The number of amides is 2. The van der Waals surface area contributed by atoms with Crippen LogP contribution in [0.4, 0.5) is 4.79 Å². The van der Waals surface area contributed by atoms with E-state index in [1.54, 1.807) is 14.2 Å². The SMILES string of the molecule is COc1ccc(CCNC(=O)NCCc2ccccc2Br)cc1OC. The summed E-state index contributed by atoms with van der Waals surface area (Å²) < 4.78 is 11.6. The van der Waals surface area contributed by atoms with Crippen molar-refractivity contribution in [2.45, 2.75) is 12.8 Å². The fourth-order valence-electron chi connectivity index (χ4n) is 2.43. The van der Waals surface area contributed by atoms with Gasteiger partial charge in [0.25, 0.3) is 0 Å². The number of methoxy groups -OCH3 is 2. The van der Waals surface area contributed by atoms with E-state index in [2.05, 4.69) is 26.6 Å². The maximum absolute atomic E-state index is 11.9. The third kappa shape index (κ3) is 5.98. The van der Waals surface area contributed by atoms with E-state index in [0.717, 1.165) is 22.9 Å². The first kappa shape index (κ1) is 19.1. The summed E-state index contributed by atoms with van der Waals surface area (Å²) in [7, 11) is 3.22. The predicted octanol–water partition coefficient (Wildman–Crippen LogP) is 3.55. The molecule has 5 nitrogen and oxygen atoms in total. The van der Waals surface area contributed by atoms with Crippen molar-refractivity contribution in [2.75, 3.05) is 27.3 Å². The number of hydrogen-bond acceptors (Lipinski definition) is 3. The zero-order valence-corrected chi connectivity index (χ0v) is 16.1. The summed E-state index contributed by atoms with van der Waals surface area (Å²) in [5.41, 5.74) is 2.25. The highest BCUT2D eigenvalue weighted by Crippen LogP contribution is 2.27. The minimum Gasteiger partial charge on any atom is -0.493 e. The molecule has 0 unspecified atom stereocenters. The summed E-state index contributed by atoms with van der Waals surface area (Å²) in [6.07, 6.45) is 1.50. The number of halogens is 1. The number of hydrogen-bond donors (Lipinski definition) is 2. The molecule has 2 rings (SSSR count). The summed E-state index contributed by atoms with van der Waals surface area (Å²) in [4.78, 5) is 11.9. The first-order chi connectivity index (χ1) is 12.1. The van der Waals surface area contributed by atoms with Gasteiger partial charge in [0.05, 0.1) is 14.2 Å². The quantitative estimate of drug-likeness (QED) is 0.704. The van der Waals surface area contributed by atoms with Crippen LogP contribution in [0.5, 0.6) is 11.5 Å². The van der Waals surface area contributed by atoms with Crippen LogP contribution in [0.2, 0.25) is 0 Å². The molecule has 0 atom stereocenters. The van der Waals surface area contributed by atoms with Crippen LogP contribution in [0.1, 0.15) is 11.1 Å². The van der Waals surface area contributed by atoms with Crippen molar-refractivity contribution in [3.05, 3.63) is 58.1 Å². The average Bonchev–Trinajstić information content (AvgIpc) is 2.63. The first-order valence-electron chi connectivity index (χ1n) is 8.10. The lowest BCUT2D eigenvalue weighted by Gasteiger charge is -2.11. The predicted molar refractivity (Wildman–Crippen MR) is 102 cm³/mol. The van der Waals surface area contributed by atoms with Gasteiger partial charge in [0.15, 0.2) is 11.5 Å². The molecule has 0 spiro atoms. The standard InChI is InChI=1S/C19H23BrN2O3/c1-24-17-8-7-14(13-18(17)25-2)9-11-21-19(23)22-12-10-15-5-3-4-6-16(15)20/h3-8,13H,9-12H2,1-2H3,(H2,21,22,23). The summed E-state index contributed by atoms with van der Waals surface area (Å²) in [6.45, 7) is 1.14. The summed E-state index contributed by atoms with van der Waals surface area (Å²) in [6, 6.07) is 13.6. The molecule has 2 amide bonds. The molecule has 0 aliphatic rings. The van der Waals surface area contributed by atoms with Crippen LogP contribution >= 0.6 is 15.9 Å². The smallest absolute Gasteiger partial charge is 0.314 e. The number of urea groups is 1. The first-order valence-corrected chi connectivity index (χ1v) is 8.89. The maximum atomic E-state index is 11.9. The number of ether oxygens (including phenoxy) is 2. The second-order valence-corrected chi connectivity index (χ2v) is 6.32. The minimum absolute atomic E-state index is 0.160. The van der Waals surface area contributed by atoms with Crippen molar-refractivity contribution < 1.29 is 14.3 Å². The summed E-state index contributed by atoms with van der Waals surface area (Å²) in [5, 5.41) is 5.73. The molecule has 0 radical (unpaired) electrons. The molecule has 134 valence electrons. The number of nitrogens with one attached hydrogen (secondary N) is 2. The molecule has 0 saturated heterocycles. The van der Waals surface area contributed by atoms with Crippen LogP contribution < -0.4 is 20.1 Å². The molecule has 0 heterocycles. The van der Waals surface area contributed by atoms with Crippen molar-refractivity contribution in [1.29, 1.82) is 0 Å². The van der Waals surface area contributed by atoms with Crippen LogP contribution in [-0.2, 0) is 12.8 Å². The normalized spacial score (nSPS) is 10.2. The van der Waals surface area contributed by atoms with Gasteiger partial charge in [0.2, 0.25) is 0 Å². The Balaban J connectivity index is 1.71. The van der Waals surface area contributed by atoms with Crippen LogP contribution in [-0.4, -0.2) is 33.3 Å². The largest absolute Gasteiger partial charge is 0.493 e. The average molecular weight is 407 g/mol. The summed E-state index contributed by atoms with van der Waals surface area (Å²) >= 11 is 3.51. The lowest BCUT2D eigenvalue weighted by Crippen LogP contribution is -2.37. The Hall–Kier alpha value is -2.21. The van der Waals surface area contributed by atoms with Gasteiger partial charge in [0.1, 0.15) is 0 Å². The van der Waals surface area contributed by atoms with Crippen molar-refractivity contribution in [3.63, 3.8) is 0 Å². The molecule has 2 aromatic carbocycles. The van der Waals surface area contributed by atoms with Crippen molar-refractivity contribution in [2.24, 2.45) is 0 Å². The molecule has 0 saturated carbocycles. The molecule has 0 aliphatic heterocycles. The lowest BCUT2D eigenvalue weighted by atomic mass is 10.1. The van der Waals surface area contributed by atoms with Crippen LogP contribution in [0.3, 0.4) is 0 Å². The molecule has 25 heavy (non-hydrogen) atoms. The van der Waals surface area contributed by atoms with Crippen molar-refractivity contribution in [3.8, 4) is 11.5 Å². The zero-order chi connectivity index (χ0) is 18.1. The van der Waals surface area contributed by atoms with E-state index in [1.807, 2.05) is 42.5 Å². The molecule has 2 aromatic rings. The van der Waals surface area contributed by atoms with E-state index in [9.17, 15) is 4.79 Å². The van der Waals surface area contributed by atoms with Crippen LogP contribution in [0, 0.1) is 0 Å². The molecule has 0 aliphatic carbocycles. The Morgan fingerprint density at radius 3 is 2.32 bits per heavy atom. The van der Waals surface area contributed by atoms with Gasteiger partial charge in [-0.05, 0) is 42.2 Å². The minimum atomic E-state index is -0.160. The Morgan fingerprint density at radius 1 is 0.960 bits per heavy atom. The molecule has 0 bridgehead atoms. The number of carbonyl (C=O) groups excluding carboxylic acids is 1. The molecule has 0 aromatic heterocycles. The fraction of sp³-hybridized carbons (Fsp3) is 0.316. The maximum Gasteiger partial charge on any atom is 0.314 e. The highest BCUT2D eigenvalue weighted by atomic mass is 79.9. The highest BCUT2D eigenvalue weighted by molar-refractivity contribution is 9.10. The third-order valence-corrected chi connectivity index (χ3v) is 4.56. The Morgan fingerprint density at radius 2 is 1.64 bits per heavy atom. The Labute approximate surface area is 156 Å². The Bertz CT molecular complexity index is 707. The van der Waals surface area contributed by atoms with Gasteiger partial charge < -0.3 is 20.1 Å². The number of benzene rings is 2. The molecular formula is C19H23BrN2O3. The number of carbonyl (C=O) groups is 1. The topological polar surface area (TPSA) is 59.6 Å². The molecular weight excluding hydrogens is 384 g/mol. The van der Waals surface area contributed by atoms with Gasteiger partial charge in [-0.25, -0.2) is 4.79 Å². The zero-order valence-electron chi connectivity index (χ0n) is 14.5. The second-order valence-electron chi connectivity index (χ2n) is 5.46. The van der Waals surface area contributed by atoms with Gasteiger partial charge in [-0.1, -0.05) is 40.2 Å². The van der Waals surface area contributed by atoms with Crippen molar-refractivity contribution >= 4 is 22.0 Å². The van der Waals surface area contributed by atoms with E-state index < -0.39 is 0 Å². The summed E-state index contributed by atoms with van der Waals surface area (Å²) in [5.74, 6) is 1.39.